The van der Waals surface area contributed by atoms with Crippen LogP contribution >= 0.6 is 0 Å². The summed E-state index contributed by atoms with van der Waals surface area (Å²) in [5.74, 6) is 2.01. The molecule has 3 rings (SSSR count). The number of hydrogen-bond donors (Lipinski definition) is 1. The minimum absolute atomic E-state index is 0.217. The Kier molecular flexibility index (Phi) is 2.51. The molecule has 2 aliphatic carbocycles. The Bertz CT molecular complexity index is 373. The molecule has 3 nitrogen and oxygen atoms in total. The normalized spacial score (nSPS) is 23.1. The minimum atomic E-state index is 0.217. The van der Waals surface area contributed by atoms with Crippen molar-refractivity contribution in [3.05, 3.63) is 17.7 Å². The molecule has 1 aromatic rings. The van der Waals surface area contributed by atoms with Gasteiger partial charge in [-0.25, -0.2) is 4.98 Å². The zero-order chi connectivity index (χ0) is 11.1. The van der Waals surface area contributed by atoms with E-state index in [-0.39, 0.29) is 6.04 Å². The van der Waals surface area contributed by atoms with Crippen molar-refractivity contribution in [3.63, 3.8) is 0 Å². The first-order valence-electron chi connectivity index (χ1n) is 6.57. The highest BCUT2D eigenvalue weighted by atomic mass is 15.1. The number of imidazole rings is 1. The highest BCUT2D eigenvalue weighted by molar-refractivity contribution is 5.17. The second-order valence-electron chi connectivity index (χ2n) is 5.51. The highest BCUT2D eigenvalue weighted by Crippen LogP contribution is 2.43. The average Bonchev–Trinajstić information content (AvgIpc) is 2.89. The molecular weight excluding hydrogens is 198 g/mol. The Balaban J connectivity index is 1.89. The summed E-state index contributed by atoms with van der Waals surface area (Å²) in [6, 6.07) is 0.959. The minimum Gasteiger partial charge on any atom is -0.329 e. The first-order valence-corrected chi connectivity index (χ1v) is 6.57. The van der Waals surface area contributed by atoms with Crippen LogP contribution in [0.25, 0.3) is 0 Å². The third-order valence-corrected chi connectivity index (χ3v) is 3.84. The van der Waals surface area contributed by atoms with Gasteiger partial charge in [-0.1, -0.05) is 6.42 Å². The van der Waals surface area contributed by atoms with Crippen LogP contribution in [0.1, 0.15) is 62.5 Å². The van der Waals surface area contributed by atoms with Crippen molar-refractivity contribution in [3.8, 4) is 0 Å². The van der Waals surface area contributed by atoms with E-state index in [9.17, 15) is 0 Å². The summed E-state index contributed by atoms with van der Waals surface area (Å²) in [4.78, 5) is 4.60. The van der Waals surface area contributed by atoms with Crippen LogP contribution in [0, 0.1) is 0 Å². The first kappa shape index (κ1) is 10.3. The topological polar surface area (TPSA) is 43.8 Å². The molecule has 3 heteroatoms. The number of nitrogens with two attached hydrogens (primary N) is 1. The summed E-state index contributed by atoms with van der Waals surface area (Å²) >= 11 is 0. The predicted octanol–water partition coefficient (Wildman–Crippen LogP) is 2.38. The molecule has 1 aromatic heterocycles. The van der Waals surface area contributed by atoms with Gasteiger partial charge in [-0.2, -0.15) is 0 Å². The molecule has 0 spiro atoms. The lowest BCUT2D eigenvalue weighted by Crippen LogP contribution is -2.22. The lowest BCUT2D eigenvalue weighted by Gasteiger charge is -2.27. The van der Waals surface area contributed by atoms with Gasteiger partial charge in [-0.05, 0) is 32.6 Å². The fourth-order valence-electron chi connectivity index (χ4n) is 2.61. The van der Waals surface area contributed by atoms with Gasteiger partial charge in [0.25, 0.3) is 0 Å². The van der Waals surface area contributed by atoms with Crippen LogP contribution in [0.3, 0.4) is 0 Å². The summed E-state index contributed by atoms with van der Waals surface area (Å²) in [5.41, 5.74) is 7.38. The van der Waals surface area contributed by atoms with E-state index in [0.717, 1.165) is 18.4 Å². The van der Waals surface area contributed by atoms with Gasteiger partial charge < -0.3 is 10.3 Å². The fourth-order valence-corrected chi connectivity index (χ4v) is 2.61. The Labute approximate surface area is 97.0 Å². The van der Waals surface area contributed by atoms with Crippen LogP contribution in [0.2, 0.25) is 0 Å². The van der Waals surface area contributed by atoms with Crippen molar-refractivity contribution < 1.29 is 0 Å². The molecule has 2 fully saturated rings. The molecule has 2 aliphatic rings. The highest BCUT2D eigenvalue weighted by Gasteiger charge is 2.32. The zero-order valence-corrected chi connectivity index (χ0v) is 10.0. The summed E-state index contributed by atoms with van der Waals surface area (Å²) < 4.78 is 2.51. The van der Waals surface area contributed by atoms with Crippen LogP contribution in [-0.2, 0) is 6.42 Å². The van der Waals surface area contributed by atoms with Crippen molar-refractivity contribution in [2.45, 2.75) is 63.5 Å². The zero-order valence-electron chi connectivity index (χ0n) is 10.0. The number of hydrogen-bond acceptors (Lipinski definition) is 2. The molecule has 0 radical (unpaired) electrons. The second kappa shape index (κ2) is 3.88. The van der Waals surface area contributed by atoms with Gasteiger partial charge in [0.1, 0.15) is 5.82 Å². The molecule has 1 heterocycles. The van der Waals surface area contributed by atoms with Crippen molar-refractivity contribution in [1.82, 2.24) is 9.55 Å². The summed E-state index contributed by atoms with van der Waals surface area (Å²) in [6.45, 7) is 2.06. The lowest BCUT2D eigenvalue weighted by molar-refractivity contribution is 0.394. The van der Waals surface area contributed by atoms with E-state index in [1.165, 1.54) is 43.6 Å². The Morgan fingerprint density at radius 1 is 1.44 bits per heavy atom. The molecule has 0 aromatic carbocycles. The van der Waals surface area contributed by atoms with Crippen molar-refractivity contribution in [2.24, 2.45) is 5.73 Å². The number of nitrogens with zero attached hydrogens (tertiary/aromatic N) is 2. The Morgan fingerprint density at radius 3 is 2.69 bits per heavy atom. The molecule has 1 unspecified atom stereocenters. The molecule has 2 saturated carbocycles. The van der Waals surface area contributed by atoms with E-state index in [0.29, 0.717) is 0 Å². The van der Waals surface area contributed by atoms with E-state index >= 15 is 0 Å². The summed E-state index contributed by atoms with van der Waals surface area (Å²) in [5, 5.41) is 0. The van der Waals surface area contributed by atoms with Gasteiger partial charge in [0.2, 0.25) is 0 Å². The third-order valence-electron chi connectivity index (χ3n) is 3.84. The van der Waals surface area contributed by atoms with Gasteiger partial charge in [0.05, 0.1) is 0 Å². The quantitative estimate of drug-likeness (QED) is 0.845. The van der Waals surface area contributed by atoms with Crippen molar-refractivity contribution in [1.29, 1.82) is 0 Å². The van der Waals surface area contributed by atoms with Gasteiger partial charge in [0.15, 0.2) is 0 Å². The maximum Gasteiger partial charge on any atom is 0.110 e. The molecule has 16 heavy (non-hydrogen) atoms. The second-order valence-corrected chi connectivity index (χ2v) is 5.51. The molecule has 0 saturated heterocycles. The predicted molar refractivity (Wildman–Crippen MR) is 64.4 cm³/mol. The van der Waals surface area contributed by atoms with Crippen LogP contribution in [0.5, 0.6) is 0 Å². The van der Waals surface area contributed by atoms with E-state index in [2.05, 4.69) is 22.7 Å². The Hall–Kier alpha value is -0.830. The lowest BCUT2D eigenvalue weighted by atomic mass is 9.83. The number of aromatic nitrogens is 2. The maximum absolute atomic E-state index is 5.89. The fraction of sp³-hybridized carbons (Fsp3) is 0.769. The monoisotopic (exact) mass is 219 g/mol. The van der Waals surface area contributed by atoms with E-state index < -0.39 is 0 Å². The SMILES string of the molecule is CC(N)Cc1ncc(C2CCC2)n1C1CC1. The average molecular weight is 219 g/mol. The van der Waals surface area contributed by atoms with Crippen molar-refractivity contribution in [2.75, 3.05) is 0 Å². The summed E-state index contributed by atoms with van der Waals surface area (Å²) in [7, 11) is 0. The molecule has 88 valence electrons. The van der Waals surface area contributed by atoms with Gasteiger partial charge in [-0.3, -0.25) is 0 Å². The molecule has 0 amide bonds. The van der Waals surface area contributed by atoms with E-state index in [4.69, 9.17) is 5.73 Å². The summed E-state index contributed by atoms with van der Waals surface area (Å²) in [6.07, 6.45) is 9.81. The van der Waals surface area contributed by atoms with Crippen molar-refractivity contribution >= 4 is 0 Å². The molecule has 0 aliphatic heterocycles. The van der Waals surface area contributed by atoms with Crippen LogP contribution in [-0.4, -0.2) is 15.6 Å². The van der Waals surface area contributed by atoms with Crippen LogP contribution in [0.15, 0.2) is 6.20 Å². The molecular formula is C13H21N3. The largest absolute Gasteiger partial charge is 0.329 e. The van der Waals surface area contributed by atoms with Gasteiger partial charge in [-0.15, -0.1) is 0 Å². The Morgan fingerprint density at radius 2 is 2.19 bits per heavy atom. The third kappa shape index (κ3) is 1.77. The first-order chi connectivity index (χ1) is 7.75. The van der Waals surface area contributed by atoms with Crippen LogP contribution < -0.4 is 5.73 Å². The molecule has 1 atom stereocenters. The molecule has 0 bridgehead atoms. The smallest absolute Gasteiger partial charge is 0.110 e. The maximum atomic E-state index is 5.89. The van der Waals surface area contributed by atoms with Gasteiger partial charge in [0, 0.05) is 36.3 Å². The van der Waals surface area contributed by atoms with E-state index in [1.54, 1.807) is 0 Å². The van der Waals surface area contributed by atoms with Crippen LogP contribution in [0.4, 0.5) is 0 Å². The standard InChI is InChI=1S/C13H21N3/c1-9(14)7-13-15-8-12(10-3-2-4-10)16(13)11-5-6-11/h8-11H,2-7,14H2,1H3. The van der Waals surface area contributed by atoms with Gasteiger partial charge >= 0.3 is 0 Å². The molecule has 2 N–H and O–H groups in total. The number of rotatable bonds is 4. The van der Waals surface area contributed by atoms with E-state index in [1.807, 2.05) is 0 Å².